The van der Waals surface area contributed by atoms with Gasteiger partial charge in [0.2, 0.25) is 0 Å². The lowest BCUT2D eigenvalue weighted by Gasteiger charge is -2.32. The number of para-hydroxylation sites is 1. The van der Waals surface area contributed by atoms with Gasteiger partial charge in [-0.05, 0) is 55.6 Å². The maximum absolute atomic E-state index is 13.3. The minimum absolute atomic E-state index is 0.502. The van der Waals surface area contributed by atoms with Gasteiger partial charge in [0.1, 0.15) is 11.5 Å². The average Bonchev–Trinajstić information content (AvgIpc) is 2.70. The Balaban J connectivity index is 1.76. The molecular weight excluding hydrogens is 363 g/mol. The molecule has 0 radical (unpaired) electrons. The summed E-state index contributed by atoms with van der Waals surface area (Å²) >= 11 is 0. The zero-order valence-corrected chi connectivity index (χ0v) is 16.0. The fourth-order valence-corrected chi connectivity index (χ4v) is 4.08. The van der Waals surface area contributed by atoms with Crippen molar-refractivity contribution >= 4 is 5.57 Å². The number of piperidine rings is 1. The topological polar surface area (TPSA) is 12.5 Å². The van der Waals surface area contributed by atoms with Crippen LogP contribution in [0.3, 0.4) is 0 Å². The van der Waals surface area contributed by atoms with Gasteiger partial charge in [0.25, 0.3) is 0 Å². The first-order valence-corrected chi connectivity index (χ1v) is 9.90. The molecule has 0 spiro atoms. The molecule has 1 fully saturated rings. The molecule has 0 amide bonds. The van der Waals surface area contributed by atoms with Crippen LogP contribution in [0.2, 0.25) is 0 Å². The normalized spacial score (nSPS) is 17.1. The van der Waals surface area contributed by atoms with Crippen LogP contribution >= 0.6 is 0 Å². The van der Waals surface area contributed by atoms with Crippen LogP contribution in [0.15, 0.2) is 48.0 Å². The average molecular weight is 387 g/mol. The van der Waals surface area contributed by atoms with Gasteiger partial charge in [-0.25, -0.2) is 0 Å². The largest absolute Gasteiger partial charge is 0.456 e. The zero-order valence-electron chi connectivity index (χ0n) is 16.0. The van der Waals surface area contributed by atoms with E-state index < -0.39 is 11.7 Å². The van der Waals surface area contributed by atoms with Crippen molar-refractivity contribution in [2.45, 2.75) is 38.8 Å². The van der Waals surface area contributed by atoms with E-state index in [0.29, 0.717) is 17.1 Å². The highest BCUT2D eigenvalue weighted by molar-refractivity contribution is 5.90. The molecule has 0 aliphatic carbocycles. The molecule has 0 N–H and O–H groups in total. The van der Waals surface area contributed by atoms with E-state index in [9.17, 15) is 13.2 Å². The molecule has 0 bridgehead atoms. The van der Waals surface area contributed by atoms with E-state index in [1.165, 1.54) is 30.5 Å². The number of hydrogen-bond donors (Lipinski definition) is 0. The van der Waals surface area contributed by atoms with E-state index in [-0.39, 0.29) is 0 Å². The predicted molar refractivity (Wildman–Crippen MR) is 105 cm³/mol. The summed E-state index contributed by atoms with van der Waals surface area (Å²) in [6.07, 6.45) is -0.263. The van der Waals surface area contributed by atoms with Crippen molar-refractivity contribution in [3.8, 4) is 11.5 Å². The maximum atomic E-state index is 13.3. The third kappa shape index (κ3) is 3.68. The number of unbranched alkanes of at least 4 members (excludes halogenated alkanes) is 1. The molecule has 2 heterocycles. The molecule has 0 saturated carbocycles. The minimum atomic E-state index is -4.37. The van der Waals surface area contributed by atoms with Gasteiger partial charge < -0.3 is 9.64 Å². The first-order valence-electron chi connectivity index (χ1n) is 9.90. The van der Waals surface area contributed by atoms with Crippen LogP contribution in [-0.2, 0) is 6.18 Å². The van der Waals surface area contributed by atoms with Crippen molar-refractivity contribution in [2.75, 3.05) is 19.6 Å². The number of ether oxygens (including phenoxy) is 1. The Morgan fingerprint density at radius 2 is 1.68 bits per heavy atom. The number of benzene rings is 2. The Kier molecular flexibility index (Phi) is 5.19. The Morgan fingerprint density at radius 3 is 2.39 bits per heavy atom. The molecule has 2 nitrogen and oxygen atoms in total. The summed E-state index contributed by atoms with van der Waals surface area (Å²) < 4.78 is 45.9. The molecule has 148 valence electrons. The molecular formula is C23H24F3NO. The zero-order chi connectivity index (χ0) is 19.7. The Morgan fingerprint density at radius 1 is 0.964 bits per heavy atom. The fourth-order valence-electron chi connectivity index (χ4n) is 4.08. The molecule has 0 atom stereocenters. The summed E-state index contributed by atoms with van der Waals surface area (Å²) in [6, 6.07) is 11.4. The number of fused-ring (bicyclic) bond motifs is 2. The van der Waals surface area contributed by atoms with Gasteiger partial charge in [0.05, 0.1) is 5.56 Å². The van der Waals surface area contributed by atoms with E-state index in [1.54, 1.807) is 0 Å². The second-order valence-corrected chi connectivity index (χ2v) is 7.48. The van der Waals surface area contributed by atoms with Crippen molar-refractivity contribution < 1.29 is 17.9 Å². The van der Waals surface area contributed by atoms with E-state index in [1.807, 2.05) is 24.3 Å². The lowest BCUT2D eigenvalue weighted by molar-refractivity contribution is -0.137. The fraction of sp³-hybridized carbons (Fsp3) is 0.391. The molecule has 5 heteroatoms. The van der Waals surface area contributed by atoms with E-state index in [4.69, 9.17) is 4.74 Å². The van der Waals surface area contributed by atoms with Crippen LogP contribution in [0.5, 0.6) is 11.5 Å². The van der Waals surface area contributed by atoms with Gasteiger partial charge in [-0.1, -0.05) is 37.1 Å². The summed E-state index contributed by atoms with van der Waals surface area (Å²) in [5, 5.41) is 0. The Hall–Kier alpha value is -2.27. The lowest BCUT2D eigenvalue weighted by atomic mass is 9.85. The van der Waals surface area contributed by atoms with Crippen LogP contribution in [0.4, 0.5) is 13.2 Å². The van der Waals surface area contributed by atoms with Crippen LogP contribution in [0, 0.1) is 0 Å². The van der Waals surface area contributed by atoms with Crippen molar-refractivity contribution in [2.24, 2.45) is 0 Å². The third-order valence-electron chi connectivity index (χ3n) is 5.59. The Labute approximate surface area is 163 Å². The molecule has 2 aromatic carbocycles. The molecule has 2 aromatic rings. The number of likely N-dealkylation sites (tertiary alicyclic amines) is 1. The molecule has 2 aliphatic heterocycles. The summed E-state index contributed by atoms with van der Waals surface area (Å²) in [5.74, 6) is 1.22. The van der Waals surface area contributed by atoms with Crippen LogP contribution in [-0.4, -0.2) is 24.5 Å². The van der Waals surface area contributed by atoms with Crippen molar-refractivity contribution in [3.63, 3.8) is 0 Å². The highest BCUT2D eigenvalue weighted by Gasteiger charge is 2.34. The van der Waals surface area contributed by atoms with Gasteiger partial charge in [-0.3, -0.25) is 0 Å². The van der Waals surface area contributed by atoms with E-state index in [0.717, 1.165) is 49.7 Å². The second kappa shape index (κ2) is 7.63. The molecule has 28 heavy (non-hydrogen) atoms. The SMILES string of the molecule is CCCCN1CCC(=C2c3ccccc3Oc3ccc(C(F)(F)F)cc32)CC1. The van der Waals surface area contributed by atoms with Crippen LogP contribution < -0.4 is 4.74 Å². The number of rotatable bonds is 3. The van der Waals surface area contributed by atoms with Crippen LogP contribution in [0.1, 0.15) is 49.3 Å². The lowest BCUT2D eigenvalue weighted by Crippen LogP contribution is -2.32. The van der Waals surface area contributed by atoms with Crippen molar-refractivity contribution in [1.82, 2.24) is 4.90 Å². The summed E-state index contributed by atoms with van der Waals surface area (Å²) in [4.78, 5) is 2.45. The predicted octanol–water partition coefficient (Wildman–Crippen LogP) is 6.51. The van der Waals surface area contributed by atoms with E-state index in [2.05, 4.69) is 11.8 Å². The van der Waals surface area contributed by atoms with Gasteiger partial charge in [-0.15, -0.1) is 0 Å². The standard InChI is InChI=1S/C23H24F3NO/c1-2-3-12-27-13-10-16(11-14-27)22-18-6-4-5-7-20(18)28-21-9-8-17(15-19(21)22)23(24,25)26/h4-9,15H,2-3,10-14H2,1H3. The number of alkyl halides is 3. The van der Waals surface area contributed by atoms with Crippen molar-refractivity contribution in [1.29, 1.82) is 0 Å². The summed E-state index contributed by atoms with van der Waals surface area (Å²) in [6.45, 7) is 5.19. The molecule has 0 unspecified atom stereocenters. The number of nitrogens with zero attached hydrogens (tertiary/aromatic N) is 1. The first-order chi connectivity index (χ1) is 13.5. The van der Waals surface area contributed by atoms with Gasteiger partial charge in [-0.2, -0.15) is 13.2 Å². The van der Waals surface area contributed by atoms with Gasteiger partial charge in [0.15, 0.2) is 0 Å². The molecule has 0 aromatic heterocycles. The van der Waals surface area contributed by atoms with Crippen molar-refractivity contribution in [3.05, 3.63) is 64.7 Å². The maximum Gasteiger partial charge on any atom is 0.416 e. The second-order valence-electron chi connectivity index (χ2n) is 7.48. The quantitative estimate of drug-likeness (QED) is 0.508. The molecule has 1 saturated heterocycles. The summed E-state index contributed by atoms with van der Waals surface area (Å²) in [7, 11) is 0. The molecule has 4 rings (SSSR count). The van der Waals surface area contributed by atoms with E-state index >= 15 is 0 Å². The van der Waals surface area contributed by atoms with Gasteiger partial charge in [0, 0.05) is 24.2 Å². The smallest absolute Gasteiger partial charge is 0.416 e. The first kappa shape index (κ1) is 19.1. The monoisotopic (exact) mass is 387 g/mol. The summed E-state index contributed by atoms with van der Waals surface area (Å²) in [5.41, 5.74) is 2.98. The van der Waals surface area contributed by atoms with Crippen LogP contribution in [0.25, 0.3) is 5.57 Å². The molecule has 2 aliphatic rings. The van der Waals surface area contributed by atoms with Gasteiger partial charge >= 0.3 is 6.18 Å². The third-order valence-corrected chi connectivity index (χ3v) is 5.59. The number of halogens is 3. The Bertz CT molecular complexity index is 891. The minimum Gasteiger partial charge on any atom is -0.456 e. The highest BCUT2D eigenvalue weighted by atomic mass is 19.4. The number of hydrogen-bond acceptors (Lipinski definition) is 2. The highest BCUT2D eigenvalue weighted by Crippen LogP contribution is 2.47.